The van der Waals surface area contributed by atoms with Crippen LogP contribution in [0.5, 0.6) is 5.75 Å². The first-order chi connectivity index (χ1) is 9.13. The zero-order valence-electron chi connectivity index (χ0n) is 11.0. The Bertz CT molecular complexity index is 598. The van der Waals surface area contributed by atoms with Crippen LogP contribution in [0.1, 0.15) is 37.2 Å². The largest absolute Gasteiger partial charge is 0.487 e. The average Bonchev–Trinajstić information content (AvgIpc) is 2.39. The van der Waals surface area contributed by atoms with Crippen molar-refractivity contribution in [1.29, 1.82) is 0 Å². The number of nitrogens with zero attached hydrogens (tertiary/aromatic N) is 2. The molecule has 1 atom stereocenters. The number of aromatic nitrogens is 2. The molecule has 2 rings (SSSR count). The predicted molar refractivity (Wildman–Crippen MR) is 71.5 cm³/mol. The van der Waals surface area contributed by atoms with Gasteiger partial charge < -0.3 is 9.84 Å². The zero-order valence-corrected chi connectivity index (χ0v) is 11.0. The van der Waals surface area contributed by atoms with Crippen molar-refractivity contribution in [1.82, 2.24) is 10.2 Å². The third kappa shape index (κ3) is 2.81. The van der Waals surface area contributed by atoms with E-state index in [1.54, 1.807) is 12.1 Å². The Morgan fingerprint density at radius 2 is 2.11 bits per heavy atom. The molecule has 0 aliphatic heterocycles. The summed E-state index contributed by atoms with van der Waals surface area (Å²) in [6.45, 7) is 3.98. The molecule has 0 radical (unpaired) electrons. The van der Waals surface area contributed by atoms with Gasteiger partial charge in [-0.15, -0.1) is 10.2 Å². The molecule has 1 unspecified atom stereocenters. The van der Waals surface area contributed by atoms with E-state index in [1.165, 1.54) is 0 Å². The summed E-state index contributed by atoms with van der Waals surface area (Å²) in [6.07, 6.45) is 1.77. The van der Waals surface area contributed by atoms with E-state index in [9.17, 15) is 9.90 Å². The highest BCUT2D eigenvalue weighted by Crippen LogP contribution is 2.28. The minimum atomic E-state index is -1.13. The van der Waals surface area contributed by atoms with E-state index in [0.29, 0.717) is 16.7 Å². The van der Waals surface area contributed by atoms with Gasteiger partial charge in [0.25, 0.3) is 0 Å². The maximum atomic E-state index is 11.2. The molecule has 2 aromatic rings. The first-order valence-corrected chi connectivity index (χ1v) is 6.28. The van der Waals surface area contributed by atoms with Gasteiger partial charge in [0.1, 0.15) is 0 Å². The summed E-state index contributed by atoms with van der Waals surface area (Å²) in [5, 5.41) is 17.5. The second-order valence-electron chi connectivity index (χ2n) is 4.42. The van der Waals surface area contributed by atoms with Crippen LogP contribution in [0.25, 0.3) is 10.9 Å². The molecule has 1 aromatic carbocycles. The first-order valence-electron chi connectivity index (χ1n) is 6.28. The highest BCUT2D eigenvalue weighted by atomic mass is 16.5. The van der Waals surface area contributed by atoms with Crippen LogP contribution in [0, 0.1) is 0 Å². The third-order valence-electron chi connectivity index (χ3n) is 2.84. The van der Waals surface area contributed by atoms with Gasteiger partial charge in [0.15, 0.2) is 5.75 Å². The molecule has 19 heavy (non-hydrogen) atoms. The molecule has 0 saturated heterocycles. The summed E-state index contributed by atoms with van der Waals surface area (Å²) < 4.78 is 5.78. The van der Waals surface area contributed by atoms with Crippen LogP contribution in [-0.4, -0.2) is 27.4 Å². The van der Waals surface area contributed by atoms with Crippen molar-refractivity contribution in [3.63, 3.8) is 0 Å². The second-order valence-corrected chi connectivity index (χ2v) is 4.42. The molecule has 0 spiro atoms. The van der Waals surface area contributed by atoms with Crippen LogP contribution in [0.15, 0.2) is 24.3 Å². The minimum absolute atomic E-state index is 0.0595. The Morgan fingerprint density at radius 1 is 1.37 bits per heavy atom. The van der Waals surface area contributed by atoms with Gasteiger partial charge in [-0.1, -0.05) is 25.5 Å². The Morgan fingerprint density at radius 3 is 2.79 bits per heavy atom. The van der Waals surface area contributed by atoms with Crippen LogP contribution in [0.4, 0.5) is 0 Å². The SMILES string of the molecule is CCCC(C)Oc1c(C(=O)O)nnc2ccccc12. The normalized spacial score (nSPS) is 12.3. The number of rotatable bonds is 5. The molecule has 0 saturated carbocycles. The van der Waals surface area contributed by atoms with Gasteiger partial charge in [0.05, 0.1) is 11.6 Å². The fourth-order valence-electron chi connectivity index (χ4n) is 1.96. The van der Waals surface area contributed by atoms with Crippen LogP contribution in [0.2, 0.25) is 0 Å². The molecule has 0 bridgehead atoms. The van der Waals surface area contributed by atoms with Crippen LogP contribution in [0.3, 0.4) is 0 Å². The lowest BCUT2D eigenvalue weighted by Gasteiger charge is -2.16. The van der Waals surface area contributed by atoms with E-state index in [4.69, 9.17) is 4.74 Å². The molecule has 1 N–H and O–H groups in total. The molecule has 0 amide bonds. The lowest BCUT2D eigenvalue weighted by Crippen LogP contribution is -2.15. The van der Waals surface area contributed by atoms with Crippen molar-refractivity contribution in [2.24, 2.45) is 0 Å². The van der Waals surface area contributed by atoms with Crippen molar-refractivity contribution in [2.45, 2.75) is 32.8 Å². The lowest BCUT2D eigenvalue weighted by molar-refractivity contribution is 0.0681. The Hall–Kier alpha value is -2.17. The van der Waals surface area contributed by atoms with Crippen molar-refractivity contribution in [3.05, 3.63) is 30.0 Å². The molecule has 100 valence electrons. The summed E-state index contributed by atoms with van der Waals surface area (Å²) in [4.78, 5) is 11.2. The van der Waals surface area contributed by atoms with E-state index < -0.39 is 5.97 Å². The van der Waals surface area contributed by atoms with E-state index >= 15 is 0 Å². The maximum Gasteiger partial charge on any atom is 0.360 e. The van der Waals surface area contributed by atoms with Crippen LogP contribution >= 0.6 is 0 Å². The molecule has 0 fully saturated rings. The number of carboxylic acids is 1. The van der Waals surface area contributed by atoms with Gasteiger partial charge in [-0.05, 0) is 25.5 Å². The summed E-state index contributed by atoms with van der Waals surface area (Å²) in [6, 6.07) is 7.24. The molecule has 5 nitrogen and oxygen atoms in total. The molecule has 1 heterocycles. The van der Waals surface area contributed by atoms with E-state index in [2.05, 4.69) is 17.1 Å². The van der Waals surface area contributed by atoms with E-state index in [0.717, 1.165) is 12.8 Å². The van der Waals surface area contributed by atoms with E-state index in [1.807, 2.05) is 19.1 Å². The number of carboxylic acid groups (broad SMARTS) is 1. The highest BCUT2D eigenvalue weighted by molar-refractivity contribution is 5.96. The van der Waals surface area contributed by atoms with Crippen molar-refractivity contribution in [3.8, 4) is 5.75 Å². The van der Waals surface area contributed by atoms with Gasteiger partial charge in [-0.3, -0.25) is 0 Å². The zero-order chi connectivity index (χ0) is 13.8. The van der Waals surface area contributed by atoms with Gasteiger partial charge >= 0.3 is 5.97 Å². The van der Waals surface area contributed by atoms with Crippen LogP contribution in [-0.2, 0) is 0 Å². The van der Waals surface area contributed by atoms with Crippen molar-refractivity contribution >= 4 is 16.9 Å². The van der Waals surface area contributed by atoms with Gasteiger partial charge in [-0.2, -0.15) is 0 Å². The third-order valence-corrected chi connectivity index (χ3v) is 2.84. The minimum Gasteiger partial charge on any atom is -0.487 e. The standard InChI is InChI=1S/C14H16N2O3/c1-3-6-9(2)19-13-10-7-4-5-8-11(10)15-16-12(13)14(17)18/h4-5,7-9H,3,6H2,1-2H3,(H,17,18). The lowest BCUT2D eigenvalue weighted by atomic mass is 10.1. The number of fused-ring (bicyclic) bond motifs is 1. The highest BCUT2D eigenvalue weighted by Gasteiger charge is 2.19. The molecular formula is C14H16N2O3. The van der Waals surface area contributed by atoms with Gasteiger partial charge in [0.2, 0.25) is 5.69 Å². The topological polar surface area (TPSA) is 72.3 Å². The number of hydrogen-bond donors (Lipinski definition) is 1. The number of aromatic carboxylic acids is 1. The van der Waals surface area contributed by atoms with Crippen molar-refractivity contribution in [2.75, 3.05) is 0 Å². The fourth-order valence-corrected chi connectivity index (χ4v) is 1.96. The summed E-state index contributed by atoms with van der Waals surface area (Å²) in [5.74, 6) is -0.823. The predicted octanol–water partition coefficient (Wildman–Crippen LogP) is 2.90. The van der Waals surface area contributed by atoms with Gasteiger partial charge in [0, 0.05) is 5.39 Å². The number of carbonyl (C=O) groups is 1. The van der Waals surface area contributed by atoms with Crippen LogP contribution < -0.4 is 4.74 Å². The number of hydrogen-bond acceptors (Lipinski definition) is 4. The number of ether oxygens (including phenoxy) is 1. The molecule has 5 heteroatoms. The molecule has 0 aliphatic rings. The van der Waals surface area contributed by atoms with Crippen molar-refractivity contribution < 1.29 is 14.6 Å². The second kappa shape index (κ2) is 5.65. The first kappa shape index (κ1) is 13.3. The number of benzene rings is 1. The average molecular weight is 260 g/mol. The van der Waals surface area contributed by atoms with E-state index in [-0.39, 0.29) is 11.8 Å². The quantitative estimate of drug-likeness (QED) is 0.894. The molecular weight excluding hydrogens is 244 g/mol. The Balaban J connectivity index is 2.52. The Labute approximate surface area is 111 Å². The fraction of sp³-hybridized carbons (Fsp3) is 0.357. The summed E-state index contributed by atoms with van der Waals surface area (Å²) >= 11 is 0. The monoisotopic (exact) mass is 260 g/mol. The van der Waals surface area contributed by atoms with Gasteiger partial charge in [-0.25, -0.2) is 4.79 Å². The Kier molecular flexibility index (Phi) is 3.94. The smallest absolute Gasteiger partial charge is 0.360 e. The molecule has 1 aromatic heterocycles. The summed E-state index contributed by atoms with van der Waals surface area (Å²) in [5.41, 5.74) is 0.493. The molecule has 0 aliphatic carbocycles. The summed E-state index contributed by atoms with van der Waals surface area (Å²) in [7, 11) is 0. The maximum absolute atomic E-state index is 11.2.